The van der Waals surface area contributed by atoms with Gasteiger partial charge in [-0.2, -0.15) is 0 Å². The van der Waals surface area contributed by atoms with Crippen molar-refractivity contribution in [1.29, 1.82) is 0 Å². The van der Waals surface area contributed by atoms with Crippen molar-refractivity contribution in [2.24, 2.45) is 0 Å². The third kappa shape index (κ3) is 5.08. The van der Waals surface area contributed by atoms with E-state index in [4.69, 9.17) is 0 Å². The molecule has 44 heavy (non-hydrogen) atoms. The number of fused-ring (bicyclic) bond motifs is 2. The van der Waals surface area contributed by atoms with Gasteiger partial charge in [-0.15, -0.1) is 0 Å². The second-order valence-corrected chi connectivity index (χ2v) is 15.3. The van der Waals surface area contributed by atoms with E-state index in [1.807, 2.05) is 12.1 Å². The van der Waals surface area contributed by atoms with Crippen molar-refractivity contribution in [2.45, 2.75) is 141 Å². The van der Waals surface area contributed by atoms with Crippen LogP contribution in [-0.2, 0) is 21.7 Å². The highest BCUT2D eigenvalue weighted by Gasteiger charge is 2.56. The zero-order valence-corrected chi connectivity index (χ0v) is 29.8. The molecule has 2 radical (unpaired) electrons. The van der Waals surface area contributed by atoms with Crippen molar-refractivity contribution in [2.75, 3.05) is 0 Å². The van der Waals surface area contributed by atoms with Gasteiger partial charge in [0.2, 0.25) is 0 Å². The summed E-state index contributed by atoms with van der Waals surface area (Å²) in [4.78, 5) is 0. The number of rotatable bonds is 12. The standard InChI is InChI=1S/C42H55FSi/c1-9-39(10-2)28-41(13-5,14-6)36-33(39)27-34-37(42(15-7,16-8)29-40(34,11-3)12-4)38(36)44-35(26-30-20-18-17-19-21-30)31-22-24-32(43)25-23-31/h17-27H,9-16,28-29H2,1-8H3/b35-26-. The second-order valence-electron chi connectivity index (χ2n) is 14.0. The zero-order chi connectivity index (χ0) is 31.8. The van der Waals surface area contributed by atoms with E-state index < -0.39 is 0 Å². The van der Waals surface area contributed by atoms with E-state index in [1.54, 1.807) is 39.6 Å². The first-order valence-electron chi connectivity index (χ1n) is 17.7. The van der Waals surface area contributed by atoms with Crippen LogP contribution in [0.1, 0.15) is 153 Å². The molecule has 5 rings (SSSR count). The van der Waals surface area contributed by atoms with E-state index in [1.165, 1.54) is 75.0 Å². The van der Waals surface area contributed by atoms with Gasteiger partial charge in [-0.3, -0.25) is 0 Å². The summed E-state index contributed by atoms with van der Waals surface area (Å²) in [6.45, 7) is 19.6. The average molecular weight is 607 g/mol. The van der Waals surface area contributed by atoms with Gasteiger partial charge in [-0.1, -0.05) is 120 Å². The summed E-state index contributed by atoms with van der Waals surface area (Å²) >= 11 is 0. The Balaban J connectivity index is 1.92. The van der Waals surface area contributed by atoms with Crippen LogP contribution in [0.3, 0.4) is 0 Å². The maximum absolute atomic E-state index is 14.3. The van der Waals surface area contributed by atoms with E-state index in [2.05, 4.69) is 97.9 Å². The molecule has 0 aliphatic heterocycles. The van der Waals surface area contributed by atoms with E-state index in [9.17, 15) is 4.39 Å². The molecule has 2 aliphatic rings. The van der Waals surface area contributed by atoms with E-state index in [0.29, 0.717) is 9.52 Å². The Morgan fingerprint density at radius 1 is 0.614 bits per heavy atom. The Labute approximate surface area is 270 Å². The van der Waals surface area contributed by atoms with Gasteiger partial charge in [0.05, 0.1) is 0 Å². The van der Waals surface area contributed by atoms with Crippen LogP contribution in [0.4, 0.5) is 4.39 Å². The fourth-order valence-corrected chi connectivity index (χ4v) is 11.4. The highest BCUT2D eigenvalue weighted by molar-refractivity contribution is 6.75. The van der Waals surface area contributed by atoms with Gasteiger partial charge in [0, 0.05) is 0 Å². The van der Waals surface area contributed by atoms with Gasteiger partial charge in [-0.05, 0) is 131 Å². The molecule has 0 atom stereocenters. The van der Waals surface area contributed by atoms with Crippen LogP contribution < -0.4 is 5.19 Å². The van der Waals surface area contributed by atoms with Crippen molar-refractivity contribution < 1.29 is 4.39 Å². The molecule has 2 heteroatoms. The number of halogens is 1. The number of benzene rings is 3. The molecule has 0 bridgehead atoms. The highest BCUT2D eigenvalue weighted by atomic mass is 28.2. The minimum absolute atomic E-state index is 0.170. The molecule has 0 N–H and O–H groups in total. The molecule has 0 fully saturated rings. The Morgan fingerprint density at radius 2 is 1.05 bits per heavy atom. The molecule has 0 saturated heterocycles. The summed E-state index contributed by atoms with van der Waals surface area (Å²) in [7, 11) is 0.521. The van der Waals surface area contributed by atoms with Gasteiger partial charge >= 0.3 is 0 Å². The van der Waals surface area contributed by atoms with Gasteiger partial charge in [0.1, 0.15) is 15.3 Å². The smallest absolute Gasteiger partial charge is 0.123 e. The van der Waals surface area contributed by atoms with Gasteiger partial charge < -0.3 is 0 Å². The molecule has 0 nitrogen and oxygen atoms in total. The van der Waals surface area contributed by atoms with Crippen molar-refractivity contribution in [3.63, 3.8) is 0 Å². The van der Waals surface area contributed by atoms with Crippen LogP contribution in [0.2, 0.25) is 0 Å². The minimum atomic E-state index is -0.170. The summed E-state index contributed by atoms with van der Waals surface area (Å²) in [5.41, 5.74) is 9.97. The van der Waals surface area contributed by atoms with Crippen LogP contribution in [-0.4, -0.2) is 9.52 Å². The molecule has 2 aliphatic carbocycles. The monoisotopic (exact) mass is 606 g/mol. The fraction of sp³-hybridized carbons (Fsp3) is 0.524. The van der Waals surface area contributed by atoms with Crippen LogP contribution in [0, 0.1) is 5.82 Å². The van der Waals surface area contributed by atoms with Crippen molar-refractivity contribution in [3.8, 4) is 0 Å². The minimum Gasteiger partial charge on any atom is -0.207 e. The molecule has 0 saturated carbocycles. The molecule has 0 aromatic heterocycles. The van der Waals surface area contributed by atoms with Crippen LogP contribution in [0.25, 0.3) is 11.3 Å². The van der Waals surface area contributed by atoms with Crippen LogP contribution in [0.15, 0.2) is 60.7 Å². The van der Waals surface area contributed by atoms with E-state index >= 15 is 0 Å². The maximum Gasteiger partial charge on any atom is 0.123 e. The molecule has 0 heterocycles. The summed E-state index contributed by atoms with van der Waals surface area (Å²) in [6, 6.07) is 20.8. The Morgan fingerprint density at radius 3 is 1.45 bits per heavy atom. The predicted molar refractivity (Wildman–Crippen MR) is 191 cm³/mol. The third-order valence-electron chi connectivity index (χ3n) is 12.8. The molecule has 3 aromatic carbocycles. The van der Waals surface area contributed by atoms with Gasteiger partial charge in [-0.25, -0.2) is 4.39 Å². The summed E-state index contributed by atoms with van der Waals surface area (Å²) in [6.07, 6.45) is 14.4. The Hall–Kier alpha value is -2.45. The largest absolute Gasteiger partial charge is 0.207 e. The lowest BCUT2D eigenvalue weighted by atomic mass is 9.70. The first kappa shape index (κ1) is 32.9. The number of hydrogen-bond donors (Lipinski definition) is 0. The van der Waals surface area contributed by atoms with Gasteiger partial charge in [0.25, 0.3) is 0 Å². The fourth-order valence-electron chi connectivity index (χ4n) is 9.55. The van der Waals surface area contributed by atoms with Crippen molar-refractivity contribution in [3.05, 3.63) is 99.9 Å². The Kier molecular flexibility index (Phi) is 9.53. The number of hydrogen-bond acceptors (Lipinski definition) is 0. The quantitative estimate of drug-likeness (QED) is 0.142. The first-order valence-corrected chi connectivity index (χ1v) is 18.7. The van der Waals surface area contributed by atoms with E-state index in [0.717, 1.165) is 5.56 Å². The molecule has 0 unspecified atom stereocenters. The topological polar surface area (TPSA) is 0 Å². The normalized spacial score (nSPS) is 19.2. The summed E-state index contributed by atoms with van der Waals surface area (Å²) in [5.74, 6) is -0.170. The zero-order valence-electron chi connectivity index (χ0n) is 28.8. The lowest BCUT2D eigenvalue weighted by Crippen LogP contribution is -2.38. The molecule has 234 valence electrons. The molecule has 0 spiro atoms. The summed E-state index contributed by atoms with van der Waals surface area (Å²) < 4.78 is 14.3. The molecular weight excluding hydrogens is 552 g/mol. The molecule has 3 aromatic rings. The molecular formula is C42H55FSi. The highest BCUT2D eigenvalue weighted by Crippen LogP contribution is 2.61. The lowest BCUT2D eigenvalue weighted by Gasteiger charge is -2.36. The Bertz CT molecular complexity index is 1400. The van der Waals surface area contributed by atoms with Crippen molar-refractivity contribution >= 4 is 26.0 Å². The van der Waals surface area contributed by atoms with Crippen LogP contribution in [0.5, 0.6) is 0 Å². The molecule has 0 amide bonds. The predicted octanol–water partition coefficient (Wildman–Crippen LogP) is 11.4. The lowest BCUT2D eigenvalue weighted by molar-refractivity contribution is 0.279. The van der Waals surface area contributed by atoms with Gasteiger partial charge in [0.15, 0.2) is 0 Å². The summed E-state index contributed by atoms with van der Waals surface area (Å²) in [5, 5.41) is 2.98. The maximum atomic E-state index is 14.3. The average Bonchev–Trinajstić information content (AvgIpc) is 3.54. The second kappa shape index (κ2) is 12.7. The van der Waals surface area contributed by atoms with Crippen molar-refractivity contribution in [1.82, 2.24) is 0 Å². The SMILES string of the molecule is CCC1(CC)CC(CC)(CC)c2c1cc1c(c2[Si]/C(=C\c2ccccc2)c2ccc(F)cc2)C(CC)(CC)CC1(CC)CC. The van der Waals surface area contributed by atoms with Crippen LogP contribution >= 0.6 is 0 Å². The first-order chi connectivity index (χ1) is 21.2. The van der Waals surface area contributed by atoms with E-state index in [-0.39, 0.29) is 27.5 Å². The third-order valence-corrected chi connectivity index (χ3v) is 14.3.